The second kappa shape index (κ2) is 6.49. The largest absolute Gasteiger partial charge is 0.355 e. The zero-order chi connectivity index (χ0) is 11.1. The highest BCUT2D eigenvalue weighted by Gasteiger charge is 2.20. The number of carbonyl (C=O) groups excluding carboxylic acids is 1. The third kappa shape index (κ3) is 3.94. The molecule has 0 aliphatic rings. The lowest BCUT2D eigenvalue weighted by Crippen LogP contribution is -2.28. The highest BCUT2D eigenvalue weighted by atomic mass is 79.9. The van der Waals surface area contributed by atoms with E-state index in [0.717, 1.165) is 19.3 Å². The van der Waals surface area contributed by atoms with Gasteiger partial charge in [-0.2, -0.15) is 5.21 Å². The van der Waals surface area contributed by atoms with Crippen LogP contribution in [0.25, 0.3) is 0 Å². The van der Waals surface area contributed by atoms with Crippen LogP contribution in [0.4, 0.5) is 0 Å². The van der Waals surface area contributed by atoms with Gasteiger partial charge >= 0.3 is 0 Å². The van der Waals surface area contributed by atoms with Gasteiger partial charge in [0.15, 0.2) is 10.7 Å². The molecule has 1 amide bonds. The van der Waals surface area contributed by atoms with E-state index < -0.39 is 4.83 Å². The molecule has 0 spiro atoms. The quantitative estimate of drug-likeness (QED) is 0.598. The molecule has 1 aromatic heterocycles. The number of rotatable bonds is 6. The number of nitrogens with zero attached hydrogens (tertiary/aromatic N) is 3. The average molecular weight is 276 g/mol. The van der Waals surface area contributed by atoms with E-state index in [0.29, 0.717) is 12.4 Å². The summed E-state index contributed by atoms with van der Waals surface area (Å²) in [7, 11) is 0. The standard InChI is InChI=1S/C8H14BrN5O/c1-2-3-4-5-10-8(15)6(9)7-11-13-14-12-7/h6H,2-5H2,1H3,(H,10,15)(H,11,12,13,14). The molecule has 7 heteroatoms. The molecule has 0 saturated carbocycles. The van der Waals surface area contributed by atoms with Crippen molar-refractivity contribution < 1.29 is 4.79 Å². The molecule has 0 aliphatic carbocycles. The lowest BCUT2D eigenvalue weighted by atomic mass is 10.2. The maximum Gasteiger partial charge on any atom is 0.241 e. The first-order chi connectivity index (χ1) is 7.25. The van der Waals surface area contributed by atoms with Crippen LogP contribution in [0.15, 0.2) is 0 Å². The van der Waals surface area contributed by atoms with E-state index in [1.165, 1.54) is 0 Å². The van der Waals surface area contributed by atoms with Crippen molar-refractivity contribution in [3.8, 4) is 0 Å². The third-order valence-corrected chi connectivity index (χ3v) is 2.72. The molecular formula is C8H14BrN5O. The first-order valence-electron chi connectivity index (χ1n) is 4.90. The van der Waals surface area contributed by atoms with Crippen molar-refractivity contribution in [3.63, 3.8) is 0 Å². The maximum absolute atomic E-state index is 11.5. The molecule has 0 aliphatic heterocycles. The van der Waals surface area contributed by atoms with Crippen molar-refractivity contribution in [2.45, 2.75) is 31.0 Å². The SMILES string of the molecule is CCCCCNC(=O)C(Br)c1nn[nH]n1. The summed E-state index contributed by atoms with van der Waals surface area (Å²) in [5, 5.41) is 15.9. The second-order valence-electron chi connectivity index (χ2n) is 3.13. The first kappa shape index (κ1) is 12.1. The Hall–Kier alpha value is -0.980. The van der Waals surface area contributed by atoms with Crippen LogP contribution in [-0.2, 0) is 4.79 Å². The number of tetrazole rings is 1. The van der Waals surface area contributed by atoms with Gasteiger partial charge in [0, 0.05) is 6.54 Å². The summed E-state index contributed by atoms with van der Waals surface area (Å²) in [6, 6.07) is 0. The van der Waals surface area contributed by atoms with Crippen LogP contribution >= 0.6 is 15.9 Å². The van der Waals surface area contributed by atoms with Gasteiger partial charge in [-0.15, -0.1) is 10.2 Å². The molecule has 0 fully saturated rings. The fraction of sp³-hybridized carbons (Fsp3) is 0.750. The molecule has 0 aromatic carbocycles. The number of alkyl halides is 1. The Labute approximate surface area is 96.3 Å². The van der Waals surface area contributed by atoms with Gasteiger partial charge in [-0.25, -0.2) is 0 Å². The Balaban J connectivity index is 2.28. The minimum absolute atomic E-state index is 0.132. The smallest absolute Gasteiger partial charge is 0.241 e. The van der Waals surface area contributed by atoms with Crippen LogP contribution in [-0.4, -0.2) is 33.1 Å². The highest BCUT2D eigenvalue weighted by Crippen LogP contribution is 2.17. The van der Waals surface area contributed by atoms with Gasteiger partial charge in [-0.05, 0) is 6.42 Å². The number of H-pyrrole nitrogens is 1. The van der Waals surface area contributed by atoms with E-state index in [4.69, 9.17) is 0 Å². The molecule has 0 saturated heterocycles. The minimum Gasteiger partial charge on any atom is -0.355 e. The molecule has 15 heavy (non-hydrogen) atoms. The zero-order valence-electron chi connectivity index (χ0n) is 8.53. The normalized spacial score (nSPS) is 12.4. The van der Waals surface area contributed by atoms with E-state index in [1.807, 2.05) is 0 Å². The van der Waals surface area contributed by atoms with Gasteiger partial charge in [-0.1, -0.05) is 40.9 Å². The Morgan fingerprint density at radius 1 is 1.60 bits per heavy atom. The fourth-order valence-electron chi connectivity index (χ4n) is 1.07. The van der Waals surface area contributed by atoms with Crippen molar-refractivity contribution >= 4 is 21.8 Å². The summed E-state index contributed by atoms with van der Waals surface area (Å²) >= 11 is 3.20. The van der Waals surface area contributed by atoms with Crippen LogP contribution < -0.4 is 5.32 Å². The molecule has 1 aromatic rings. The summed E-state index contributed by atoms with van der Waals surface area (Å²) in [6.45, 7) is 2.81. The van der Waals surface area contributed by atoms with E-state index in [9.17, 15) is 4.79 Å². The molecule has 1 rings (SSSR count). The van der Waals surface area contributed by atoms with Crippen LogP contribution in [0.5, 0.6) is 0 Å². The number of halogens is 1. The number of carbonyl (C=O) groups is 1. The third-order valence-electron chi connectivity index (χ3n) is 1.90. The van der Waals surface area contributed by atoms with Gasteiger partial charge in [0.1, 0.15) is 0 Å². The molecule has 0 radical (unpaired) electrons. The van der Waals surface area contributed by atoms with E-state index in [-0.39, 0.29) is 5.91 Å². The number of aromatic nitrogens is 4. The van der Waals surface area contributed by atoms with Crippen molar-refractivity contribution in [1.82, 2.24) is 25.9 Å². The highest BCUT2D eigenvalue weighted by molar-refractivity contribution is 9.09. The Bertz CT molecular complexity index is 289. The van der Waals surface area contributed by atoms with Crippen LogP contribution in [0, 0.1) is 0 Å². The molecule has 2 N–H and O–H groups in total. The minimum atomic E-state index is -0.530. The molecule has 1 heterocycles. The van der Waals surface area contributed by atoms with Crippen LogP contribution in [0.1, 0.15) is 36.8 Å². The fourth-order valence-corrected chi connectivity index (χ4v) is 1.43. The number of aromatic amines is 1. The van der Waals surface area contributed by atoms with Gasteiger partial charge in [-0.3, -0.25) is 4.79 Å². The van der Waals surface area contributed by atoms with E-state index in [1.54, 1.807) is 0 Å². The Morgan fingerprint density at radius 2 is 2.40 bits per heavy atom. The molecule has 6 nitrogen and oxygen atoms in total. The summed E-state index contributed by atoms with van der Waals surface area (Å²) in [5.74, 6) is 0.218. The maximum atomic E-state index is 11.5. The Kier molecular flexibility index (Phi) is 5.23. The molecule has 1 atom stereocenters. The summed E-state index contributed by atoms with van der Waals surface area (Å²) in [4.78, 5) is 11.0. The molecule has 84 valence electrons. The predicted octanol–water partition coefficient (Wildman–Crippen LogP) is 0.942. The van der Waals surface area contributed by atoms with E-state index >= 15 is 0 Å². The number of hydrogen-bond acceptors (Lipinski definition) is 4. The topological polar surface area (TPSA) is 83.6 Å². The lowest BCUT2D eigenvalue weighted by molar-refractivity contribution is -0.120. The number of amides is 1. The van der Waals surface area contributed by atoms with Crippen molar-refractivity contribution in [2.24, 2.45) is 0 Å². The van der Waals surface area contributed by atoms with Crippen molar-refractivity contribution in [3.05, 3.63) is 5.82 Å². The van der Waals surface area contributed by atoms with Gasteiger partial charge < -0.3 is 5.32 Å². The van der Waals surface area contributed by atoms with Gasteiger partial charge in [0.25, 0.3) is 0 Å². The molecule has 0 bridgehead atoms. The zero-order valence-corrected chi connectivity index (χ0v) is 10.1. The van der Waals surface area contributed by atoms with E-state index in [2.05, 4.69) is 48.8 Å². The summed E-state index contributed by atoms with van der Waals surface area (Å²) in [6.07, 6.45) is 3.25. The number of unbranched alkanes of at least 4 members (excludes halogenated alkanes) is 2. The van der Waals surface area contributed by atoms with Crippen molar-refractivity contribution in [2.75, 3.05) is 6.54 Å². The first-order valence-corrected chi connectivity index (χ1v) is 5.82. The molecular weight excluding hydrogens is 262 g/mol. The summed E-state index contributed by atoms with van der Waals surface area (Å²) in [5.41, 5.74) is 0. The van der Waals surface area contributed by atoms with Crippen LogP contribution in [0.3, 0.4) is 0 Å². The summed E-state index contributed by atoms with van der Waals surface area (Å²) < 4.78 is 0. The molecule has 1 unspecified atom stereocenters. The number of hydrogen-bond donors (Lipinski definition) is 2. The average Bonchev–Trinajstić information content (AvgIpc) is 2.76. The van der Waals surface area contributed by atoms with Crippen LogP contribution in [0.2, 0.25) is 0 Å². The monoisotopic (exact) mass is 275 g/mol. The van der Waals surface area contributed by atoms with Gasteiger partial charge in [0.05, 0.1) is 0 Å². The second-order valence-corrected chi connectivity index (χ2v) is 4.05. The van der Waals surface area contributed by atoms with Gasteiger partial charge in [0.2, 0.25) is 5.91 Å². The van der Waals surface area contributed by atoms with Crippen molar-refractivity contribution in [1.29, 1.82) is 0 Å². The Morgan fingerprint density at radius 3 is 3.00 bits per heavy atom. The predicted molar refractivity (Wildman–Crippen MR) is 58.4 cm³/mol. The lowest BCUT2D eigenvalue weighted by Gasteiger charge is -2.06. The number of nitrogens with one attached hydrogen (secondary N) is 2.